The normalized spacial score (nSPS) is 23.4. The number of halogens is 1. The molecule has 1 fully saturated rings. The Morgan fingerprint density at radius 3 is 2.81 bits per heavy atom. The van der Waals surface area contributed by atoms with Gasteiger partial charge in [-0.3, -0.25) is 10.1 Å². The summed E-state index contributed by atoms with van der Waals surface area (Å²) in [6.45, 7) is 7.40. The van der Waals surface area contributed by atoms with Gasteiger partial charge in [-0.15, -0.1) is 0 Å². The Bertz CT molecular complexity index is 534. The number of benzene rings is 1. The van der Waals surface area contributed by atoms with Gasteiger partial charge in [-0.05, 0) is 25.1 Å². The SMILES string of the molecule is CCCNC1CC(Oc2ccc(Br)cc2[N+](=O)[O-])C1(C)C. The third-order valence-corrected chi connectivity index (χ3v) is 4.70. The van der Waals surface area contributed by atoms with Gasteiger partial charge >= 0.3 is 5.69 Å². The predicted molar refractivity (Wildman–Crippen MR) is 85.7 cm³/mol. The van der Waals surface area contributed by atoms with E-state index in [0.29, 0.717) is 16.3 Å². The van der Waals surface area contributed by atoms with Crippen LogP contribution in [0.1, 0.15) is 33.6 Å². The number of nitrogens with zero attached hydrogens (tertiary/aromatic N) is 1. The van der Waals surface area contributed by atoms with Gasteiger partial charge in [0.1, 0.15) is 6.10 Å². The van der Waals surface area contributed by atoms with E-state index < -0.39 is 4.92 Å². The summed E-state index contributed by atoms with van der Waals surface area (Å²) < 4.78 is 6.60. The first-order chi connectivity index (χ1) is 9.86. The van der Waals surface area contributed by atoms with Gasteiger partial charge in [-0.2, -0.15) is 0 Å². The Labute approximate surface area is 133 Å². The molecule has 2 unspecified atom stereocenters. The fourth-order valence-corrected chi connectivity index (χ4v) is 2.99. The molecule has 1 aromatic carbocycles. The van der Waals surface area contributed by atoms with Gasteiger partial charge in [0, 0.05) is 28.4 Å². The standard InChI is InChI=1S/C15H21BrN2O3/c1-4-7-17-13-9-14(15(13,2)3)21-12-6-5-10(16)8-11(12)18(19)20/h5-6,8,13-14,17H,4,7,9H2,1-3H3. The average Bonchev–Trinajstić information content (AvgIpc) is 2.43. The molecule has 0 aliphatic heterocycles. The molecule has 1 aliphatic rings. The Balaban J connectivity index is 2.08. The first kappa shape index (κ1) is 16.2. The first-order valence-electron chi connectivity index (χ1n) is 7.20. The van der Waals surface area contributed by atoms with Crippen molar-refractivity contribution in [2.24, 2.45) is 5.41 Å². The second-order valence-corrected chi connectivity index (χ2v) is 6.96. The summed E-state index contributed by atoms with van der Waals surface area (Å²) in [5.41, 5.74) is -0.0269. The number of nitro groups is 1. The van der Waals surface area contributed by atoms with Crippen molar-refractivity contribution in [3.8, 4) is 5.75 Å². The van der Waals surface area contributed by atoms with Crippen molar-refractivity contribution < 1.29 is 9.66 Å². The zero-order chi connectivity index (χ0) is 15.6. The Morgan fingerprint density at radius 1 is 1.52 bits per heavy atom. The van der Waals surface area contributed by atoms with Crippen LogP contribution >= 0.6 is 15.9 Å². The summed E-state index contributed by atoms with van der Waals surface area (Å²) in [4.78, 5) is 10.7. The summed E-state index contributed by atoms with van der Waals surface area (Å²) >= 11 is 3.25. The van der Waals surface area contributed by atoms with Crippen molar-refractivity contribution in [2.75, 3.05) is 6.54 Å². The molecule has 2 atom stereocenters. The van der Waals surface area contributed by atoms with Crippen LogP contribution in [-0.2, 0) is 0 Å². The maximum absolute atomic E-state index is 11.1. The first-order valence-corrected chi connectivity index (χ1v) is 7.99. The molecule has 0 saturated heterocycles. The average molecular weight is 357 g/mol. The zero-order valence-corrected chi connectivity index (χ0v) is 14.1. The van der Waals surface area contributed by atoms with Crippen molar-refractivity contribution in [1.82, 2.24) is 5.32 Å². The van der Waals surface area contributed by atoms with Crippen LogP contribution in [-0.4, -0.2) is 23.6 Å². The molecule has 0 bridgehead atoms. The molecule has 116 valence electrons. The number of hydrogen-bond acceptors (Lipinski definition) is 4. The molecular weight excluding hydrogens is 336 g/mol. The summed E-state index contributed by atoms with van der Waals surface area (Å²) in [6, 6.07) is 5.30. The maximum atomic E-state index is 11.1. The molecule has 0 spiro atoms. The van der Waals surface area contributed by atoms with Crippen molar-refractivity contribution in [2.45, 2.75) is 45.8 Å². The van der Waals surface area contributed by atoms with Crippen LogP contribution in [0.15, 0.2) is 22.7 Å². The van der Waals surface area contributed by atoms with Crippen LogP contribution in [0.25, 0.3) is 0 Å². The number of ether oxygens (including phenoxy) is 1. The number of hydrogen-bond donors (Lipinski definition) is 1. The van der Waals surface area contributed by atoms with Crippen LogP contribution in [0.5, 0.6) is 5.75 Å². The fourth-order valence-electron chi connectivity index (χ4n) is 2.64. The van der Waals surface area contributed by atoms with E-state index in [1.807, 2.05) is 0 Å². The van der Waals surface area contributed by atoms with Crippen molar-refractivity contribution in [3.05, 3.63) is 32.8 Å². The summed E-state index contributed by atoms with van der Waals surface area (Å²) in [6.07, 6.45) is 1.96. The second-order valence-electron chi connectivity index (χ2n) is 6.04. The smallest absolute Gasteiger partial charge is 0.312 e. The van der Waals surface area contributed by atoms with E-state index in [0.717, 1.165) is 19.4 Å². The summed E-state index contributed by atoms with van der Waals surface area (Å²) in [5.74, 6) is 0.343. The third-order valence-electron chi connectivity index (χ3n) is 4.21. The highest BCUT2D eigenvalue weighted by atomic mass is 79.9. The quantitative estimate of drug-likeness (QED) is 0.619. The Hall–Kier alpha value is -1.14. The van der Waals surface area contributed by atoms with Gasteiger partial charge < -0.3 is 10.1 Å². The van der Waals surface area contributed by atoms with E-state index >= 15 is 0 Å². The van der Waals surface area contributed by atoms with E-state index in [1.165, 1.54) is 6.07 Å². The molecule has 1 N–H and O–H groups in total. The lowest BCUT2D eigenvalue weighted by Crippen LogP contribution is -2.62. The minimum Gasteiger partial charge on any atom is -0.483 e. The van der Waals surface area contributed by atoms with E-state index in [2.05, 4.69) is 42.0 Å². The molecule has 2 rings (SSSR count). The monoisotopic (exact) mass is 356 g/mol. The third kappa shape index (κ3) is 3.37. The largest absolute Gasteiger partial charge is 0.483 e. The minimum absolute atomic E-state index is 0.00476. The molecule has 0 aromatic heterocycles. The topological polar surface area (TPSA) is 64.4 Å². The van der Waals surface area contributed by atoms with Crippen molar-refractivity contribution in [1.29, 1.82) is 0 Å². The van der Waals surface area contributed by atoms with Crippen molar-refractivity contribution >= 4 is 21.6 Å². The second kappa shape index (κ2) is 6.32. The fraction of sp³-hybridized carbons (Fsp3) is 0.600. The minimum atomic E-state index is -0.404. The highest BCUT2D eigenvalue weighted by molar-refractivity contribution is 9.10. The molecule has 6 heteroatoms. The van der Waals surface area contributed by atoms with Gasteiger partial charge in [0.25, 0.3) is 0 Å². The molecule has 0 heterocycles. The Kier molecular flexibility index (Phi) is 4.88. The molecular formula is C15H21BrN2O3. The predicted octanol–water partition coefficient (Wildman–Crippen LogP) is 3.90. The van der Waals surface area contributed by atoms with Crippen LogP contribution in [0.4, 0.5) is 5.69 Å². The van der Waals surface area contributed by atoms with E-state index in [1.54, 1.807) is 12.1 Å². The molecule has 21 heavy (non-hydrogen) atoms. The van der Waals surface area contributed by atoms with E-state index in [4.69, 9.17) is 4.74 Å². The van der Waals surface area contributed by atoms with Crippen molar-refractivity contribution in [3.63, 3.8) is 0 Å². The molecule has 1 saturated carbocycles. The number of nitro benzene ring substituents is 1. The van der Waals surface area contributed by atoms with E-state index in [-0.39, 0.29) is 17.2 Å². The Morgan fingerprint density at radius 2 is 2.24 bits per heavy atom. The van der Waals surface area contributed by atoms with Crippen LogP contribution in [0.3, 0.4) is 0 Å². The lowest BCUT2D eigenvalue weighted by Gasteiger charge is -2.51. The van der Waals surface area contributed by atoms with Gasteiger partial charge in [0.15, 0.2) is 5.75 Å². The highest BCUT2D eigenvalue weighted by Gasteiger charge is 2.50. The molecule has 5 nitrogen and oxygen atoms in total. The van der Waals surface area contributed by atoms with E-state index in [9.17, 15) is 10.1 Å². The molecule has 1 aromatic rings. The summed E-state index contributed by atoms with van der Waals surface area (Å²) in [7, 11) is 0. The van der Waals surface area contributed by atoms with Crippen LogP contribution in [0, 0.1) is 15.5 Å². The summed E-state index contributed by atoms with van der Waals surface area (Å²) in [5, 5.41) is 14.6. The van der Waals surface area contributed by atoms with Gasteiger partial charge in [-0.1, -0.05) is 36.7 Å². The van der Waals surface area contributed by atoms with Gasteiger partial charge in [0.05, 0.1) is 4.92 Å². The van der Waals surface area contributed by atoms with Gasteiger partial charge in [0.2, 0.25) is 0 Å². The number of rotatable bonds is 6. The highest BCUT2D eigenvalue weighted by Crippen LogP contribution is 2.44. The van der Waals surface area contributed by atoms with Gasteiger partial charge in [-0.25, -0.2) is 0 Å². The van der Waals surface area contributed by atoms with Crippen LogP contribution in [0.2, 0.25) is 0 Å². The number of nitrogens with one attached hydrogen (secondary N) is 1. The molecule has 0 amide bonds. The molecule has 1 aliphatic carbocycles. The lowest BCUT2D eigenvalue weighted by atomic mass is 9.64. The van der Waals surface area contributed by atoms with Crippen LogP contribution < -0.4 is 10.1 Å². The zero-order valence-electron chi connectivity index (χ0n) is 12.6. The lowest BCUT2D eigenvalue weighted by molar-refractivity contribution is -0.386. The maximum Gasteiger partial charge on any atom is 0.312 e. The molecule has 0 radical (unpaired) electrons.